The molecule has 0 saturated carbocycles. The van der Waals surface area contributed by atoms with E-state index in [1.807, 2.05) is 30.3 Å². The summed E-state index contributed by atoms with van der Waals surface area (Å²) in [5.74, 6) is 0. The van der Waals surface area contributed by atoms with Gasteiger partial charge in [-0.1, -0.05) is 0 Å². The molecule has 0 atom stereocenters. The van der Waals surface area contributed by atoms with Crippen LogP contribution >= 0.6 is 0 Å². The largest absolute Gasteiger partial charge is 2.00 e. The predicted octanol–water partition coefficient (Wildman–Crippen LogP) is 1.26. The molecule has 0 aromatic heterocycles. The second-order valence-electron chi connectivity index (χ2n) is 1.37. The van der Waals surface area contributed by atoms with Gasteiger partial charge in [-0.05, 0) is 0 Å². The van der Waals surface area contributed by atoms with Crippen molar-refractivity contribution in [1.29, 1.82) is 0 Å². The van der Waals surface area contributed by atoms with E-state index < -0.39 is 0 Å². The van der Waals surface area contributed by atoms with Crippen LogP contribution in [0.1, 0.15) is 0 Å². The first-order valence-electron chi connectivity index (χ1n) is 2.82. The van der Waals surface area contributed by atoms with Gasteiger partial charge in [0.05, 0.1) is 0 Å². The number of benzene rings is 1. The van der Waals surface area contributed by atoms with Crippen LogP contribution in [-0.4, -0.2) is 6.54 Å². The topological polar surface area (TPSA) is 26.0 Å². The van der Waals surface area contributed by atoms with E-state index in [9.17, 15) is 0 Å². The van der Waals surface area contributed by atoms with Crippen molar-refractivity contribution in [2.24, 2.45) is 5.73 Å². The van der Waals surface area contributed by atoms with Gasteiger partial charge >= 0.3 is 20.4 Å². The number of hydrogen-bond acceptors (Lipinski definition) is 1. The van der Waals surface area contributed by atoms with Gasteiger partial charge < -0.3 is 12.7 Å². The van der Waals surface area contributed by atoms with Crippen molar-refractivity contribution in [2.75, 3.05) is 6.54 Å². The Morgan fingerprint density at radius 2 is 1.60 bits per heavy atom. The monoisotopic (exact) mass is 227 g/mol. The van der Waals surface area contributed by atoms with Crippen LogP contribution in [0.5, 0.6) is 0 Å². The smallest absolute Gasteiger partial charge is 0.360 e. The van der Waals surface area contributed by atoms with Gasteiger partial charge in [-0.3, -0.25) is 0 Å². The zero-order chi connectivity index (χ0) is 6.95. The van der Waals surface area contributed by atoms with Gasteiger partial charge in [-0.2, -0.15) is 36.4 Å². The summed E-state index contributed by atoms with van der Waals surface area (Å²) in [6.45, 7) is 3.76. The summed E-state index contributed by atoms with van der Waals surface area (Å²) in [4.78, 5) is 0. The fourth-order valence-electron chi connectivity index (χ4n) is 0.342. The molecule has 0 unspecified atom stereocenters. The zero-order valence-electron chi connectivity index (χ0n) is 5.69. The van der Waals surface area contributed by atoms with Gasteiger partial charge in [-0.15, -0.1) is 6.54 Å². The molecule has 1 aromatic carbocycles. The fraction of sp³-hybridized carbons (Fsp3) is 0.125. The quantitative estimate of drug-likeness (QED) is 0.524. The maximum absolute atomic E-state index is 4.74. The van der Waals surface area contributed by atoms with Crippen LogP contribution in [0.4, 0.5) is 0 Å². The second-order valence-corrected chi connectivity index (χ2v) is 1.37. The normalized spacial score (nSPS) is 6.60. The molecule has 1 aromatic rings. The standard InChI is InChI=1S/C6H5.C2H6N.Pd/c1-2-4-6-5-3-1;1-2-3;/h1-5H;1-3H2;/q2*-1;+2. The SMILES string of the molecule is [CH2-]CN.[Pd+2].[c-]1ccccc1. The number of rotatable bonds is 0. The number of nitrogens with two attached hydrogens (primary N) is 1. The average Bonchev–Trinajstić information content (AvgIpc) is 1.93. The molecule has 2 heteroatoms. The summed E-state index contributed by atoms with van der Waals surface area (Å²) in [5.41, 5.74) is 4.74. The van der Waals surface area contributed by atoms with E-state index in [0.717, 1.165) is 0 Å². The Morgan fingerprint density at radius 3 is 1.70 bits per heavy atom. The van der Waals surface area contributed by atoms with Gasteiger partial charge in [0.1, 0.15) is 0 Å². The summed E-state index contributed by atoms with van der Waals surface area (Å²) < 4.78 is 0. The molecule has 1 nitrogen and oxygen atoms in total. The van der Waals surface area contributed by atoms with Gasteiger partial charge in [0.25, 0.3) is 0 Å². The molecular weight excluding hydrogens is 217 g/mol. The van der Waals surface area contributed by atoms with Crippen LogP contribution in [0.3, 0.4) is 0 Å². The maximum atomic E-state index is 4.74. The summed E-state index contributed by atoms with van der Waals surface area (Å²) >= 11 is 0. The molecule has 0 saturated heterocycles. The third-order valence-corrected chi connectivity index (χ3v) is 0.607. The Hall–Kier alpha value is -0.158. The van der Waals surface area contributed by atoms with Crippen LogP contribution in [0.25, 0.3) is 0 Å². The zero-order valence-corrected chi connectivity index (χ0v) is 7.25. The van der Waals surface area contributed by atoms with Crippen molar-refractivity contribution in [3.8, 4) is 0 Å². The van der Waals surface area contributed by atoms with E-state index in [0.29, 0.717) is 6.54 Å². The molecule has 0 spiro atoms. The molecule has 0 bridgehead atoms. The Morgan fingerprint density at radius 1 is 1.20 bits per heavy atom. The van der Waals surface area contributed by atoms with Crippen LogP contribution in [0, 0.1) is 13.0 Å². The first-order valence-corrected chi connectivity index (χ1v) is 2.82. The minimum atomic E-state index is 0. The summed E-state index contributed by atoms with van der Waals surface area (Å²) in [6, 6.07) is 12.5. The Kier molecular flexibility index (Phi) is 14.5. The molecule has 0 aliphatic heterocycles. The van der Waals surface area contributed by atoms with Gasteiger partial charge in [0.15, 0.2) is 0 Å². The molecular formula is C8H11NPd. The minimum absolute atomic E-state index is 0. The van der Waals surface area contributed by atoms with E-state index in [4.69, 9.17) is 5.73 Å². The molecule has 10 heavy (non-hydrogen) atoms. The van der Waals surface area contributed by atoms with Gasteiger partial charge in [0.2, 0.25) is 0 Å². The summed E-state index contributed by atoms with van der Waals surface area (Å²) in [5, 5.41) is 0. The molecule has 2 N–H and O–H groups in total. The van der Waals surface area contributed by atoms with Crippen molar-refractivity contribution < 1.29 is 20.4 Å². The first-order chi connectivity index (χ1) is 4.41. The van der Waals surface area contributed by atoms with E-state index in [2.05, 4.69) is 13.0 Å². The van der Waals surface area contributed by atoms with Crippen LogP contribution < -0.4 is 5.73 Å². The van der Waals surface area contributed by atoms with E-state index >= 15 is 0 Å². The third-order valence-electron chi connectivity index (χ3n) is 0.607. The van der Waals surface area contributed by atoms with Crippen molar-refractivity contribution in [1.82, 2.24) is 0 Å². The Balaban J connectivity index is 0. The molecule has 0 aliphatic carbocycles. The van der Waals surface area contributed by atoms with E-state index in [1.54, 1.807) is 0 Å². The summed E-state index contributed by atoms with van der Waals surface area (Å²) in [7, 11) is 0. The molecule has 0 aliphatic rings. The van der Waals surface area contributed by atoms with E-state index in [1.165, 1.54) is 0 Å². The Labute approximate surface area is 76.3 Å². The van der Waals surface area contributed by atoms with Crippen molar-refractivity contribution in [3.05, 3.63) is 43.3 Å². The first kappa shape index (κ1) is 12.5. The molecule has 0 fully saturated rings. The van der Waals surface area contributed by atoms with Crippen molar-refractivity contribution >= 4 is 0 Å². The minimum Gasteiger partial charge on any atom is -0.360 e. The molecule has 58 valence electrons. The molecule has 0 radical (unpaired) electrons. The third kappa shape index (κ3) is 10.8. The summed E-state index contributed by atoms with van der Waals surface area (Å²) in [6.07, 6.45) is 0. The van der Waals surface area contributed by atoms with E-state index in [-0.39, 0.29) is 20.4 Å². The van der Waals surface area contributed by atoms with Crippen molar-refractivity contribution in [3.63, 3.8) is 0 Å². The predicted molar refractivity (Wildman–Crippen MR) is 39.7 cm³/mol. The van der Waals surface area contributed by atoms with Crippen LogP contribution in [-0.2, 0) is 20.4 Å². The number of hydrogen-bond donors (Lipinski definition) is 1. The van der Waals surface area contributed by atoms with Crippen LogP contribution in [0.15, 0.2) is 30.3 Å². The molecule has 0 heterocycles. The second kappa shape index (κ2) is 11.6. The van der Waals surface area contributed by atoms with Gasteiger partial charge in [-0.25, -0.2) is 0 Å². The average molecular weight is 228 g/mol. The maximum Gasteiger partial charge on any atom is 2.00 e. The van der Waals surface area contributed by atoms with Crippen molar-refractivity contribution in [2.45, 2.75) is 0 Å². The Bertz CT molecular complexity index is 92.1. The molecule has 0 amide bonds. The van der Waals surface area contributed by atoms with Crippen LogP contribution in [0.2, 0.25) is 0 Å². The molecule has 1 rings (SSSR count). The van der Waals surface area contributed by atoms with Gasteiger partial charge in [0, 0.05) is 0 Å². The fourth-order valence-corrected chi connectivity index (χ4v) is 0.342.